The summed E-state index contributed by atoms with van der Waals surface area (Å²) in [6.07, 6.45) is 0.851. The van der Waals surface area contributed by atoms with E-state index >= 15 is 0 Å². The van der Waals surface area contributed by atoms with Crippen LogP contribution in [0.5, 0.6) is 0 Å². The second-order valence-electron chi connectivity index (χ2n) is 4.58. The van der Waals surface area contributed by atoms with E-state index in [0.29, 0.717) is 11.4 Å². The quantitative estimate of drug-likeness (QED) is 0.844. The molecule has 0 aliphatic carbocycles. The van der Waals surface area contributed by atoms with Crippen molar-refractivity contribution in [1.82, 2.24) is 10.0 Å². The largest absolute Gasteiger partial charge is 0.315 e. The maximum absolute atomic E-state index is 12.2. The van der Waals surface area contributed by atoms with Crippen LogP contribution in [0, 0.1) is 13.8 Å². The summed E-state index contributed by atoms with van der Waals surface area (Å²) in [6.45, 7) is 5.31. The third-order valence-corrected chi connectivity index (χ3v) is 4.68. The van der Waals surface area contributed by atoms with E-state index in [9.17, 15) is 8.42 Å². The Morgan fingerprint density at radius 3 is 2.76 bits per heavy atom. The van der Waals surface area contributed by atoms with Gasteiger partial charge in [-0.25, -0.2) is 13.1 Å². The molecule has 0 spiro atoms. The lowest BCUT2D eigenvalue weighted by Crippen LogP contribution is -2.36. The molecule has 94 valence electrons. The molecule has 1 saturated heterocycles. The van der Waals surface area contributed by atoms with Crippen LogP contribution < -0.4 is 10.0 Å². The van der Waals surface area contributed by atoms with Crippen molar-refractivity contribution in [3.05, 3.63) is 29.3 Å². The first-order valence-corrected chi connectivity index (χ1v) is 7.28. The number of sulfonamides is 1. The van der Waals surface area contributed by atoms with Crippen LogP contribution in [0.25, 0.3) is 0 Å². The van der Waals surface area contributed by atoms with Gasteiger partial charge in [-0.05, 0) is 44.0 Å². The van der Waals surface area contributed by atoms with Crippen molar-refractivity contribution in [3.63, 3.8) is 0 Å². The normalized spacial score (nSPS) is 20.7. The summed E-state index contributed by atoms with van der Waals surface area (Å²) in [4.78, 5) is 0.393. The monoisotopic (exact) mass is 254 g/mol. The molecule has 0 bridgehead atoms. The van der Waals surface area contributed by atoms with Crippen LogP contribution in [0.4, 0.5) is 0 Å². The number of hydrogen-bond acceptors (Lipinski definition) is 3. The van der Waals surface area contributed by atoms with Gasteiger partial charge in [0.05, 0.1) is 4.90 Å². The van der Waals surface area contributed by atoms with Crippen molar-refractivity contribution in [3.8, 4) is 0 Å². The molecular weight excluding hydrogens is 236 g/mol. The van der Waals surface area contributed by atoms with Crippen LogP contribution in [-0.2, 0) is 10.0 Å². The van der Waals surface area contributed by atoms with Gasteiger partial charge in [-0.15, -0.1) is 0 Å². The van der Waals surface area contributed by atoms with E-state index in [4.69, 9.17) is 0 Å². The Labute approximate surface area is 102 Å². The van der Waals surface area contributed by atoms with Crippen molar-refractivity contribution in [2.75, 3.05) is 13.1 Å². The Balaban J connectivity index is 2.27. The SMILES string of the molecule is Cc1ccc(C)c(S(=O)(=O)NC2CCNC2)c1. The molecule has 1 aromatic rings. The van der Waals surface area contributed by atoms with Crippen LogP contribution in [0.3, 0.4) is 0 Å². The number of aryl methyl sites for hydroxylation is 2. The Morgan fingerprint density at radius 1 is 1.35 bits per heavy atom. The zero-order chi connectivity index (χ0) is 12.5. The lowest BCUT2D eigenvalue weighted by molar-refractivity contribution is 0.559. The van der Waals surface area contributed by atoms with Gasteiger partial charge in [-0.3, -0.25) is 0 Å². The second kappa shape index (κ2) is 4.76. The van der Waals surface area contributed by atoms with Crippen LogP contribution in [-0.4, -0.2) is 27.5 Å². The molecule has 2 N–H and O–H groups in total. The first-order chi connectivity index (χ1) is 7.99. The van der Waals surface area contributed by atoms with Gasteiger partial charge in [0.1, 0.15) is 0 Å². The molecule has 1 aromatic carbocycles. The van der Waals surface area contributed by atoms with E-state index in [0.717, 1.165) is 24.1 Å². The van der Waals surface area contributed by atoms with Crippen LogP contribution in [0.2, 0.25) is 0 Å². The molecular formula is C12H18N2O2S. The Hall–Kier alpha value is -0.910. The molecule has 1 atom stereocenters. The van der Waals surface area contributed by atoms with Gasteiger partial charge >= 0.3 is 0 Å². The number of benzene rings is 1. The molecule has 1 aliphatic heterocycles. The van der Waals surface area contributed by atoms with Crippen molar-refractivity contribution >= 4 is 10.0 Å². The maximum Gasteiger partial charge on any atom is 0.241 e. The minimum Gasteiger partial charge on any atom is -0.315 e. The summed E-state index contributed by atoms with van der Waals surface area (Å²) in [6, 6.07) is 5.50. The van der Waals surface area contributed by atoms with E-state index in [1.54, 1.807) is 6.07 Å². The molecule has 17 heavy (non-hydrogen) atoms. The molecule has 1 fully saturated rings. The van der Waals surface area contributed by atoms with Gasteiger partial charge in [0.2, 0.25) is 10.0 Å². The fourth-order valence-electron chi connectivity index (χ4n) is 2.03. The van der Waals surface area contributed by atoms with Crippen molar-refractivity contribution in [2.45, 2.75) is 31.2 Å². The average molecular weight is 254 g/mol. The van der Waals surface area contributed by atoms with E-state index in [-0.39, 0.29) is 6.04 Å². The molecule has 1 aliphatic rings. The predicted octanol–water partition coefficient (Wildman–Crippen LogP) is 0.944. The van der Waals surface area contributed by atoms with E-state index < -0.39 is 10.0 Å². The molecule has 1 heterocycles. The van der Waals surface area contributed by atoms with Crippen LogP contribution >= 0.6 is 0 Å². The molecule has 4 nitrogen and oxygen atoms in total. The summed E-state index contributed by atoms with van der Waals surface area (Å²) < 4.78 is 27.2. The highest BCUT2D eigenvalue weighted by atomic mass is 32.2. The molecule has 5 heteroatoms. The Kier molecular flexibility index (Phi) is 3.51. The molecule has 0 saturated carbocycles. The highest BCUT2D eigenvalue weighted by molar-refractivity contribution is 7.89. The third kappa shape index (κ3) is 2.86. The lowest BCUT2D eigenvalue weighted by Gasteiger charge is -2.14. The fourth-order valence-corrected chi connectivity index (χ4v) is 3.63. The number of rotatable bonds is 3. The zero-order valence-corrected chi connectivity index (χ0v) is 11.0. The van der Waals surface area contributed by atoms with E-state index in [1.165, 1.54) is 0 Å². The highest BCUT2D eigenvalue weighted by Gasteiger charge is 2.23. The predicted molar refractivity (Wildman–Crippen MR) is 67.5 cm³/mol. The standard InChI is InChI=1S/C12H18N2O2S/c1-9-3-4-10(2)12(7-9)17(15,16)14-11-5-6-13-8-11/h3-4,7,11,13-14H,5-6,8H2,1-2H3. The van der Waals surface area contributed by atoms with Gasteiger partial charge in [-0.2, -0.15) is 0 Å². The Bertz CT molecular complexity index is 505. The fraction of sp³-hybridized carbons (Fsp3) is 0.500. The second-order valence-corrected chi connectivity index (χ2v) is 6.26. The van der Waals surface area contributed by atoms with Gasteiger partial charge in [0, 0.05) is 12.6 Å². The molecule has 2 rings (SSSR count). The van der Waals surface area contributed by atoms with Crippen molar-refractivity contribution < 1.29 is 8.42 Å². The molecule has 0 radical (unpaired) electrons. The van der Waals surface area contributed by atoms with E-state index in [2.05, 4.69) is 10.0 Å². The van der Waals surface area contributed by atoms with Crippen molar-refractivity contribution in [2.24, 2.45) is 0 Å². The molecule has 0 aromatic heterocycles. The first kappa shape index (κ1) is 12.5. The zero-order valence-electron chi connectivity index (χ0n) is 10.2. The molecule has 0 amide bonds. The smallest absolute Gasteiger partial charge is 0.241 e. The number of hydrogen-bond donors (Lipinski definition) is 2. The van der Waals surface area contributed by atoms with Crippen LogP contribution in [0.1, 0.15) is 17.5 Å². The van der Waals surface area contributed by atoms with Gasteiger partial charge in [0.15, 0.2) is 0 Å². The van der Waals surface area contributed by atoms with Gasteiger partial charge in [-0.1, -0.05) is 12.1 Å². The van der Waals surface area contributed by atoms with E-state index in [1.807, 2.05) is 26.0 Å². The topological polar surface area (TPSA) is 58.2 Å². The summed E-state index contributed by atoms with van der Waals surface area (Å²) in [5.74, 6) is 0. The average Bonchev–Trinajstić information content (AvgIpc) is 2.73. The summed E-state index contributed by atoms with van der Waals surface area (Å²) in [5.41, 5.74) is 1.74. The summed E-state index contributed by atoms with van der Waals surface area (Å²) in [5, 5.41) is 3.15. The maximum atomic E-state index is 12.2. The highest BCUT2D eigenvalue weighted by Crippen LogP contribution is 2.17. The summed E-state index contributed by atoms with van der Waals surface area (Å²) >= 11 is 0. The first-order valence-electron chi connectivity index (χ1n) is 5.79. The third-order valence-electron chi connectivity index (χ3n) is 3.02. The van der Waals surface area contributed by atoms with Gasteiger partial charge in [0.25, 0.3) is 0 Å². The number of nitrogens with one attached hydrogen (secondary N) is 2. The van der Waals surface area contributed by atoms with Crippen molar-refractivity contribution in [1.29, 1.82) is 0 Å². The van der Waals surface area contributed by atoms with Crippen LogP contribution in [0.15, 0.2) is 23.1 Å². The minimum absolute atomic E-state index is 0.0138. The minimum atomic E-state index is -3.39. The molecule has 1 unspecified atom stereocenters. The van der Waals surface area contributed by atoms with Gasteiger partial charge < -0.3 is 5.32 Å². The summed E-state index contributed by atoms with van der Waals surface area (Å²) in [7, 11) is -3.39. The Morgan fingerprint density at radius 2 is 2.12 bits per heavy atom. The lowest BCUT2D eigenvalue weighted by atomic mass is 10.2.